The van der Waals surface area contributed by atoms with Crippen molar-refractivity contribution in [3.8, 4) is 11.4 Å². The Morgan fingerprint density at radius 3 is 2.79 bits per heavy atom. The molecule has 1 aliphatic rings. The van der Waals surface area contributed by atoms with Crippen molar-refractivity contribution in [1.82, 2.24) is 15.0 Å². The Kier molecular flexibility index (Phi) is 3.52. The van der Waals surface area contributed by atoms with Gasteiger partial charge in [-0.05, 0) is 12.1 Å². The maximum atomic E-state index is 12.8. The van der Waals surface area contributed by atoms with Gasteiger partial charge in [-0.25, -0.2) is 4.39 Å². The van der Waals surface area contributed by atoms with Crippen molar-refractivity contribution in [1.29, 1.82) is 0 Å². The highest BCUT2D eigenvalue weighted by Gasteiger charge is 2.14. The largest absolute Gasteiger partial charge is 0.379 e. The maximum absolute atomic E-state index is 12.8. The molecule has 1 fully saturated rings. The lowest BCUT2D eigenvalue weighted by Gasteiger charge is -2.25. The predicted molar refractivity (Wildman–Crippen MR) is 65.8 cm³/mol. The normalized spacial score (nSPS) is 16.7. The highest BCUT2D eigenvalue weighted by molar-refractivity contribution is 5.53. The van der Waals surface area contributed by atoms with Crippen molar-refractivity contribution in [2.24, 2.45) is 0 Å². The lowest BCUT2D eigenvalue weighted by Crippen LogP contribution is -2.35. The summed E-state index contributed by atoms with van der Waals surface area (Å²) in [6.45, 7) is 3.99. The molecule has 0 radical (unpaired) electrons. The van der Waals surface area contributed by atoms with Gasteiger partial charge in [-0.15, -0.1) is 0 Å². The fourth-order valence-corrected chi connectivity index (χ4v) is 2.02. The third-order valence-electron chi connectivity index (χ3n) is 3.03. The van der Waals surface area contributed by atoms with Crippen LogP contribution in [0.15, 0.2) is 28.9 Å². The Hall–Kier alpha value is -1.79. The van der Waals surface area contributed by atoms with Gasteiger partial charge in [-0.3, -0.25) is 9.88 Å². The van der Waals surface area contributed by atoms with E-state index in [1.54, 1.807) is 6.07 Å². The minimum absolute atomic E-state index is 0.360. The Morgan fingerprint density at radius 2 is 2.05 bits per heavy atom. The third kappa shape index (κ3) is 2.97. The minimum Gasteiger partial charge on any atom is -0.379 e. The van der Waals surface area contributed by atoms with Crippen molar-refractivity contribution in [3.05, 3.63) is 36.0 Å². The Labute approximate surface area is 110 Å². The molecule has 0 amide bonds. The molecule has 0 saturated carbocycles. The molecular formula is C13H14FN3O2. The lowest BCUT2D eigenvalue weighted by atomic mass is 10.2. The molecule has 100 valence electrons. The molecule has 19 heavy (non-hydrogen) atoms. The number of halogens is 1. The van der Waals surface area contributed by atoms with Crippen LogP contribution < -0.4 is 0 Å². The van der Waals surface area contributed by atoms with Gasteiger partial charge in [-0.2, -0.15) is 0 Å². The molecule has 0 atom stereocenters. The quantitative estimate of drug-likeness (QED) is 0.843. The van der Waals surface area contributed by atoms with Gasteiger partial charge in [0.05, 0.1) is 31.6 Å². The summed E-state index contributed by atoms with van der Waals surface area (Å²) in [5, 5.41) is 3.96. The summed E-state index contributed by atoms with van der Waals surface area (Å²) in [7, 11) is 0. The zero-order valence-corrected chi connectivity index (χ0v) is 10.4. The number of pyridine rings is 1. The summed E-state index contributed by atoms with van der Waals surface area (Å²) in [5.41, 5.74) is 1.24. The molecular weight excluding hydrogens is 249 g/mol. The van der Waals surface area contributed by atoms with Crippen molar-refractivity contribution >= 4 is 0 Å². The van der Waals surface area contributed by atoms with Crippen molar-refractivity contribution in [2.45, 2.75) is 6.54 Å². The Morgan fingerprint density at radius 1 is 1.21 bits per heavy atom. The van der Waals surface area contributed by atoms with Crippen molar-refractivity contribution in [2.75, 3.05) is 26.3 Å². The number of ether oxygens (including phenoxy) is 1. The number of hydrogen-bond donors (Lipinski definition) is 0. The smallest absolute Gasteiger partial charge is 0.151 e. The Bertz CT molecular complexity index is 535. The van der Waals surface area contributed by atoms with Crippen LogP contribution in [0.2, 0.25) is 0 Å². The van der Waals surface area contributed by atoms with E-state index in [-0.39, 0.29) is 5.82 Å². The third-order valence-corrected chi connectivity index (χ3v) is 3.03. The fourth-order valence-electron chi connectivity index (χ4n) is 2.02. The van der Waals surface area contributed by atoms with E-state index in [1.165, 1.54) is 12.3 Å². The zero-order valence-electron chi connectivity index (χ0n) is 10.4. The van der Waals surface area contributed by atoms with E-state index in [0.29, 0.717) is 17.9 Å². The SMILES string of the molecule is Fc1ccc(-c2cc(CN3CCOCC3)on2)nc1. The summed E-state index contributed by atoms with van der Waals surface area (Å²) >= 11 is 0. The average molecular weight is 263 g/mol. The van der Waals surface area contributed by atoms with Crippen molar-refractivity contribution < 1.29 is 13.7 Å². The molecule has 3 rings (SSSR count). The van der Waals surface area contributed by atoms with Crippen LogP contribution in [0.4, 0.5) is 4.39 Å². The standard InChI is InChI=1S/C13H14FN3O2/c14-10-1-2-12(15-8-10)13-7-11(19-16-13)9-17-3-5-18-6-4-17/h1-2,7-8H,3-6,9H2. The molecule has 5 nitrogen and oxygen atoms in total. The number of hydrogen-bond acceptors (Lipinski definition) is 5. The van der Waals surface area contributed by atoms with Crippen LogP contribution in [0.3, 0.4) is 0 Å². The number of morpholine rings is 1. The van der Waals surface area contributed by atoms with Gasteiger partial charge in [0.25, 0.3) is 0 Å². The molecule has 0 unspecified atom stereocenters. The molecule has 3 heterocycles. The van der Waals surface area contributed by atoms with Crippen LogP contribution >= 0.6 is 0 Å². The molecule has 6 heteroatoms. The highest BCUT2D eigenvalue weighted by Crippen LogP contribution is 2.18. The van der Waals surface area contributed by atoms with Gasteiger partial charge in [0.2, 0.25) is 0 Å². The molecule has 0 aromatic carbocycles. The monoisotopic (exact) mass is 263 g/mol. The van der Waals surface area contributed by atoms with E-state index >= 15 is 0 Å². The van der Waals surface area contributed by atoms with E-state index < -0.39 is 0 Å². The van der Waals surface area contributed by atoms with Crippen LogP contribution in [0.1, 0.15) is 5.76 Å². The second-order valence-electron chi connectivity index (χ2n) is 4.43. The summed E-state index contributed by atoms with van der Waals surface area (Å²) in [6, 6.07) is 4.79. The van der Waals surface area contributed by atoms with E-state index in [0.717, 1.165) is 32.1 Å². The summed E-state index contributed by atoms with van der Waals surface area (Å²) in [4.78, 5) is 6.22. The maximum Gasteiger partial charge on any atom is 0.151 e. The second-order valence-corrected chi connectivity index (χ2v) is 4.43. The first-order valence-corrected chi connectivity index (χ1v) is 6.19. The molecule has 0 N–H and O–H groups in total. The fraction of sp³-hybridized carbons (Fsp3) is 0.385. The topological polar surface area (TPSA) is 51.4 Å². The first kappa shape index (κ1) is 12.3. The average Bonchev–Trinajstić information content (AvgIpc) is 2.89. The predicted octanol–water partition coefficient (Wildman–Crippen LogP) is 1.71. The second kappa shape index (κ2) is 5.46. The van der Waals surface area contributed by atoms with Crippen LogP contribution in [-0.2, 0) is 11.3 Å². The van der Waals surface area contributed by atoms with Crippen molar-refractivity contribution in [3.63, 3.8) is 0 Å². The number of nitrogens with zero attached hydrogens (tertiary/aromatic N) is 3. The summed E-state index contributed by atoms with van der Waals surface area (Å²) in [6.07, 6.45) is 1.17. The van der Waals surface area contributed by atoms with E-state index in [1.807, 2.05) is 6.07 Å². The first-order chi connectivity index (χ1) is 9.31. The Balaban J connectivity index is 1.70. The van der Waals surface area contributed by atoms with Crippen LogP contribution in [-0.4, -0.2) is 41.3 Å². The molecule has 0 spiro atoms. The molecule has 2 aromatic rings. The van der Waals surface area contributed by atoms with Gasteiger partial charge in [-0.1, -0.05) is 5.16 Å². The van der Waals surface area contributed by atoms with E-state index in [9.17, 15) is 4.39 Å². The van der Waals surface area contributed by atoms with Gasteiger partial charge in [0, 0.05) is 19.2 Å². The van der Waals surface area contributed by atoms with Gasteiger partial charge in [0.1, 0.15) is 11.5 Å². The summed E-state index contributed by atoms with van der Waals surface area (Å²) < 4.78 is 23.4. The zero-order chi connectivity index (χ0) is 13.1. The minimum atomic E-state index is -0.360. The number of aromatic nitrogens is 2. The van der Waals surface area contributed by atoms with Crippen LogP contribution in [0, 0.1) is 5.82 Å². The van der Waals surface area contributed by atoms with E-state index in [4.69, 9.17) is 9.26 Å². The van der Waals surface area contributed by atoms with Gasteiger partial charge in [0.15, 0.2) is 5.76 Å². The lowest BCUT2D eigenvalue weighted by molar-refractivity contribution is 0.0305. The first-order valence-electron chi connectivity index (χ1n) is 6.19. The number of rotatable bonds is 3. The summed E-state index contributed by atoms with van der Waals surface area (Å²) in [5.74, 6) is 0.420. The molecule has 2 aromatic heterocycles. The molecule has 0 aliphatic carbocycles. The van der Waals surface area contributed by atoms with Crippen LogP contribution in [0.5, 0.6) is 0 Å². The van der Waals surface area contributed by atoms with Gasteiger partial charge < -0.3 is 9.26 Å². The molecule has 1 saturated heterocycles. The van der Waals surface area contributed by atoms with Gasteiger partial charge >= 0.3 is 0 Å². The van der Waals surface area contributed by atoms with Crippen LogP contribution in [0.25, 0.3) is 11.4 Å². The molecule has 0 bridgehead atoms. The molecule has 1 aliphatic heterocycles. The highest BCUT2D eigenvalue weighted by atomic mass is 19.1. The van der Waals surface area contributed by atoms with E-state index in [2.05, 4.69) is 15.0 Å².